The Hall–Kier alpha value is -3.67. The molecular formula is C35H48FN3O8. The molecule has 2 heterocycles. The van der Waals surface area contributed by atoms with E-state index in [1.165, 1.54) is 6.07 Å². The van der Waals surface area contributed by atoms with E-state index in [0.717, 1.165) is 32.1 Å². The predicted octanol–water partition coefficient (Wildman–Crippen LogP) is 6.16. The standard InChI is InChI=1S/C35H48FN3O8/c1-35(2,3)47-34(44)38-27(19-36)21-5-7-22(8-6-21)32(41)39-16-15-26(20-9-12-25(45-4)13-10-20)30(39)31(40)37-24-11-14-28-23(17-24)18-29(46-28)33(42)43/h11,14,17-18,20-22,25-27,30H,5-10,12-13,15-16,19H2,1-4H3,(H,37,40)(H,38,44)(H,42,43)/t20-,21-,22-,25+,26-,27-,30-/m1/s1. The van der Waals surface area contributed by atoms with E-state index in [4.69, 9.17) is 13.9 Å². The molecule has 3 atom stereocenters. The number of furan rings is 1. The number of fused-ring (bicyclic) bond motifs is 1. The van der Waals surface area contributed by atoms with E-state index in [1.807, 2.05) is 0 Å². The molecule has 258 valence electrons. The molecule has 3 amide bonds. The van der Waals surface area contributed by atoms with Gasteiger partial charge < -0.3 is 34.5 Å². The Morgan fingerprint density at radius 2 is 1.72 bits per heavy atom. The van der Waals surface area contributed by atoms with Crippen LogP contribution in [0.2, 0.25) is 0 Å². The van der Waals surface area contributed by atoms with Crippen molar-refractivity contribution < 1.29 is 42.6 Å². The smallest absolute Gasteiger partial charge is 0.407 e. The molecule has 2 aromatic rings. The van der Waals surface area contributed by atoms with Crippen LogP contribution < -0.4 is 10.6 Å². The molecule has 2 aliphatic carbocycles. The largest absolute Gasteiger partial charge is 0.475 e. The van der Waals surface area contributed by atoms with Crippen molar-refractivity contribution >= 4 is 40.5 Å². The first-order chi connectivity index (χ1) is 22.4. The summed E-state index contributed by atoms with van der Waals surface area (Å²) in [7, 11) is 1.73. The van der Waals surface area contributed by atoms with Gasteiger partial charge in [-0.25, -0.2) is 14.0 Å². The highest BCUT2D eigenvalue weighted by atomic mass is 19.1. The lowest BCUT2D eigenvalue weighted by atomic mass is 9.75. The maximum atomic E-state index is 14.1. The lowest BCUT2D eigenvalue weighted by molar-refractivity contribution is -0.142. The lowest BCUT2D eigenvalue weighted by Crippen LogP contribution is -2.50. The van der Waals surface area contributed by atoms with Gasteiger partial charge >= 0.3 is 12.1 Å². The van der Waals surface area contributed by atoms with Crippen molar-refractivity contribution in [1.29, 1.82) is 0 Å². The van der Waals surface area contributed by atoms with Gasteiger partial charge in [0.1, 0.15) is 23.9 Å². The number of anilines is 1. The first kappa shape index (κ1) is 34.7. The fourth-order valence-corrected chi connectivity index (χ4v) is 7.83. The Balaban J connectivity index is 1.28. The normalized spacial score (nSPS) is 27.3. The summed E-state index contributed by atoms with van der Waals surface area (Å²) in [5.74, 6) is -1.79. The lowest BCUT2D eigenvalue weighted by Gasteiger charge is -2.38. The van der Waals surface area contributed by atoms with Crippen LogP contribution in [-0.4, -0.2) is 78.0 Å². The molecule has 1 aromatic carbocycles. The van der Waals surface area contributed by atoms with Crippen LogP contribution in [0.25, 0.3) is 11.0 Å². The van der Waals surface area contributed by atoms with Crippen molar-refractivity contribution in [3.05, 3.63) is 30.0 Å². The van der Waals surface area contributed by atoms with Gasteiger partial charge in [0.05, 0.1) is 12.1 Å². The summed E-state index contributed by atoms with van der Waals surface area (Å²) in [6.07, 6.45) is 6.24. The van der Waals surface area contributed by atoms with Gasteiger partial charge in [0, 0.05) is 30.6 Å². The molecule has 1 aliphatic heterocycles. The third-order valence-corrected chi connectivity index (χ3v) is 10.2. The van der Waals surface area contributed by atoms with Gasteiger partial charge in [0.15, 0.2) is 0 Å². The van der Waals surface area contributed by atoms with E-state index >= 15 is 0 Å². The Labute approximate surface area is 274 Å². The van der Waals surface area contributed by atoms with Crippen LogP contribution in [0, 0.1) is 23.7 Å². The number of carboxylic acid groups (broad SMARTS) is 1. The summed E-state index contributed by atoms with van der Waals surface area (Å²) in [6, 6.07) is 5.06. The molecule has 1 saturated heterocycles. The Kier molecular flexibility index (Phi) is 10.8. The highest BCUT2D eigenvalue weighted by Crippen LogP contribution is 2.42. The summed E-state index contributed by atoms with van der Waals surface area (Å²) in [5.41, 5.74) is 0.208. The summed E-state index contributed by atoms with van der Waals surface area (Å²) < 4.78 is 30.3. The monoisotopic (exact) mass is 657 g/mol. The van der Waals surface area contributed by atoms with Crippen LogP contribution >= 0.6 is 0 Å². The van der Waals surface area contributed by atoms with E-state index < -0.39 is 36.4 Å². The molecule has 47 heavy (non-hydrogen) atoms. The average Bonchev–Trinajstić information content (AvgIpc) is 3.68. The van der Waals surface area contributed by atoms with Crippen molar-refractivity contribution in [1.82, 2.24) is 10.2 Å². The summed E-state index contributed by atoms with van der Waals surface area (Å²) in [4.78, 5) is 53.6. The minimum Gasteiger partial charge on any atom is -0.475 e. The molecule has 3 aliphatic rings. The predicted molar refractivity (Wildman–Crippen MR) is 173 cm³/mol. The number of alkyl halides is 1. The molecular weight excluding hydrogens is 609 g/mol. The number of hydrogen-bond acceptors (Lipinski definition) is 7. The maximum Gasteiger partial charge on any atom is 0.407 e. The first-order valence-corrected chi connectivity index (χ1v) is 16.8. The van der Waals surface area contributed by atoms with E-state index in [9.17, 15) is 28.7 Å². The van der Waals surface area contributed by atoms with Crippen molar-refractivity contribution in [3.63, 3.8) is 0 Å². The van der Waals surface area contributed by atoms with Crippen LogP contribution in [0.15, 0.2) is 28.7 Å². The number of carboxylic acids is 1. The topological polar surface area (TPSA) is 147 Å². The fraction of sp³-hybridized carbons (Fsp3) is 0.657. The number of aromatic carboxylic acids is 1. The van der Waals surface area contributed by atoms with Gasteiger partial charge in [-0.05, 0) is 121 Å². The molecule has 0 bridgehead atoms. The molecule has 11 nitrogen and oxygen atoms in total. The number of benzene rings is 1. The van der Waals surface area contributed by atoms with Crippen LogP contribution in [0.5, 0.6) is 0 Å². The number of amides is 3. The second kappa shape index (κ2) is 14.6. The Morgan fingerprint density at radius 3 is 2.34 bits per heavy atom. The second-order valence-electron chi connectivity index (χ2n) is 14.4. The third kappa shape index (κ3) is 8.25. The molecule has 12 heteroatoms. The average molecular weight is 658 g/mol. The first-order valence-electron chi connectivity index (χ1n) is 16.8. The van der Waals surface area contributed by atoms with Crippen molar-refractivity contribution in [2.24, 2.45) is 23.7 Å². The zero-order valence-corrected chi connectivity index (χ0v) is 27.8. The number of ether oxygens (including phenoxy) is 2. The number of nitrogens with zero attached hydrogens (tertiary/aromatic N) is 1. The number of methoxy groups -OCH3 is 1. The van der Waals surface area contributed by atoms with Crippen LogP contribution in [0.1, 0.15) is 89.1 Å². The van der Waals surface area contributed by atoms with Crippen molar-refractivity contribution in [2.45, 2.75) is 102 Å². The molecule has 2 saturated carbocycles. The zero-order chi connectivity index (χ0) is 33.9. The minimum atomic E-state index is -1.17. The Bertz CT molecular complexity index is 1440. The van der Waals surface area contributed by atoms with Crippen LogP contribution in [0.4, 0.5) is 14.9 Å². The number of alkyl carbamates (subject to hydrolysis) is 1. The third-order valence-electron chi connectivity index (χ3n) is 10.2. The highest BCUT2D eigenvalue weighted by Gasteiger charge is 2.47. The number of likely N-dealkylation sites (tertiary alicyclic amines) is 1. The van der Waals surface area contributed by atoms with E-state index in [0.29, 0.717) is 48.9 Å². The van der Waals surface area contributed by atoms with E-state index in [1.54, 1.807) is 51.0 Å². The van der Waals surface area contributed by atoms with Gasteiger partial charge in [-0.1, -0.05) is 0 Å². The van der Waals surface area contributed by atoms with Gasteiger partial charge in [0.2, 0.25) is 17.6 Å². The number of carbonyl (C=O) groups is 4. The molecule has 3 N–H and O–H groups in total. The Morgan fingerprint density at radius 1 is 1.02 bits per heavy atom. The number of rotatable bonds is 9. The van der Waals surface area contributed by atoms with Crippen molar-refractivity contribution in [3.8, 4) is 0 Å². The van der Waals surface area contributed by atoms with Crippen LogP contribution in [0.3, 0.4) is 0 Å². The molecule has 0 spiro atoms. The number of nitrogens with one attached hydrogen (secondary N) is 2. The quantitative estimate of drug-likeness (QED) is 0.291. The summed E-state index contributed by atoms with van der Waals surface area (Å²) in [5, 5.41) is 15.5. The van der Waals surface area contributed by atoms with Crippen molar-refractivity contribution in [2.75, 3.05) is 25.6 Å². The molecule has 0 radical (unpaired) electrons. The SMILES string of the molecule is CO[C@H]1CC[C@@H]([C@H]2CCN(C(=O)[C@H]3CC[C@H]([C@@H](CF)NC(=O)OC(C)(C)C)CC3)[C@H]2C(=O)Nc2ccc3oc(C(=O)O)cc3c2)CC1. The van der Waals surface area contributed by atoms with Crippen LogP contribution in [-0.2, 0) is 19.1 Å². The summed E-state index contributed by atoms with van der Waals surface area (Å²) >= 11 is 0. The number of carbonyl (C=O) groups excluding carboxylic acids is 3. The van der Waals surface area contributed by atoms with Gasteiger partial charge in [-0.3, -0.25) is 9.59 Å². The maximum absolute atomic E-state index is 14.1. The minimum absolute atomic E-state index is 0.00156. The molecule has 0 unspecified atom stereocenters. The fourth-order valence-electron chi connectivity index (χ4n) is 7.83. The molecule has 3 fully saturated rings. The van der Waals surface area contributed by atoms with Gasteiger partial charge in [0.25, 0.3) is 0 Å². The zero-order valence-electron chi connectivity index (χ0n) is 27.8. The molecule has 1 aromatic heterocycles. The van der Waals surface area contributed by atoms with E-state index in [2.05, 4.69) is 10.6 Å². The summed E-state index contributed by atoms with van der Waals surface area (Å²) in [6.45, 7) is 5.03. The number of hydrogen-bond donors (Lipinski definition) is 3. The van der Waals surface area contributed by atoms with Gasteiger partial charge in [-0.2, -0.15) is 0 Å². The highest BCUT2D eigenvalue weighted by molar-refractivity contribution is 6.00. The molecule has 5 rings (SSSR count). The van der Waals surface area contributed by atoms with Gasteiger partial charge in [-0.15, -0.1) is 0 Å². The number of halogens is 1. The second-order valence-corrected chi connectivity index (χ2v) is 14.4. The van der Waals surface area contributed by atoms with E-state index in [-0.39, 0.29) is 47.4 Å².